The van der Waals surface area contributed by atoms with E-state index >= 15 is 0 Å². The lowest BCUT2D eigenvalue weighted by atomic mass is 9.70. The first-order valence-electron chi connectivity index (χ1n) is 16.4. The van der Waals surface area contributed by atoms with Crippen molar-refractivity contribution in [2.75, 3.05) is 6.61 Å². The summed E-state index contributed by atoms with van der Waals surface area (Å²) >= 11 is 0. The lowest BCUT2D eigenvalue weighted by molar-refractivity contribution is 0.312. The number of ether oxygens (including phenoxy) is 1. The molecule has 1 nitrogen and oxygen atoms in total. The largest absolute Gasteiger partial charge is 0.489 e. The van der Waals surface area contributed by atoms with Crippen molar-refractivity contribution in [3.8, 4) is 5.75 Å². The molecule has 1 radical (unpaired) electrons. The van der Waals surface area contributed by atoms with Gasteiger partial charge in [-0.3, -0.25) is 0 Å². The highest BCUT2D eigenvalue weighted by atomic mass is 28.3. The minimum Gasteiger partial charge on any atom is -0.489 e. The smallest absolute Gasteiger partial charge is 0.130 e. The minimum absolute atomic E-state index is 0.00583. The second-order valence-electron chi connectivity index (χ2n) is 15.5. The van der Waals surface area contributed by atoms with Crippen LogP contribution < -0.4 is 25.5 Å². The van der Waals surface area contributed by atoms with Crippen molar-refractivity contribution in [2.24, 2.45) is 10.8 Å². The number of aryl methyl sites for hydroxylation is 1. The first-order valence-corrected chi connectivity index (χ1v) is 18.1. The van der Waals surface area contributed by atoms with Gasteiger partial charge in [-0.2, -0.15) is 0 Å². The number of benzene rings is 3. The van der Waals surface area contributed by atoms with Gasteiger partial charge in [0, 0.05) is 5.41 Å². The van der Waals surface area contributed by atoms with Gasteiger partial charge in [0.2, 0.25) is 0 Å². The van der Waals surface area contributed by atoms with E-state index in [0.29, 0.717) is 12.0 Å². The molecule has 0 amide bonds. The zero-order valence-electron chi connectivity index (χ0n) is 28.2. The summed E-state index contributed by atoms with van der Waals surface area (Å²) in [4.78, 5) is 0. The number of allylic oxidation sites excluding steroid dienone is 4. The van der Waals surface area contributed by atoms with Crippen LogP contribution in [0.1, 0.15) is 78.9 Å². The monoisotopic (exact) mass is 597 g/mol. The van der Waals surface area contributed by atoms with Crippen LogP contribution >= 0.6 is 0 Å². The Labute approximate surface area is 267 Å². The van der Waals surface area contributed by atoms with Gasteiger partial charge in [0.15, 0.2) is 0 Å². The van der Waals surface area contributed by atoms with Crippen LogP contribution in [0.15, 0.2) is 102 Å². The zero-order valence-corrected chi connectivity index (χ0v) is 29.2. The van der Waals surface area contributed by atoms with Crippen LogP contribution in [-0.2, 0) is 5.41 Å². The summed E-state index contributed by atoms with van der Waals surface area (Å²) in [7, 11) is -1.30. The normalized spacial score (nSPS) is 18.5. The molecule has 0 atom stereocenters. The molecule has 1 saturated carbocycles. The van der Waals surface area contributed by atoms with Gasteiger partial charge in [0.1, 0.15) is 21.2 Å². The van der Waals surface area contributed by atoms with Crippen molar-refractivity contribution in [1.29, 1.82) is 0 Å². The van der Waals surface area contributed by atoms with E-state index in [-0.39, 0.29) is 10.8 Å². The number of hydrogen-bond donors (Lipinski definition) is 0. The number of hydrogen-bond acceptors (Lipinski definition) is 1. The molecule has 1 fully saturated rings. The molecule has 227 valence electrons. The second kappa shape index (κ2) is 11.2. The van der Waals surface area contributed by atoms with Crippen LogP contribution in [0.3, 0.4) is 0 Å². The van der Waals surface area contributed by atoms with Gasteiger partial charge in [-0.1, -0.05) is 145 Å². The first kappa shape index (κ1) is 30.7. The Kier molecular flexibility index (Phi) is 7.81. The third-order valence-electron chi connectivity index (χ3n) is 9.87. The van der Waals surface area contributed by atoms with Gasteiger partial charge >= 0.3 is 0 Å². The molecule has 0 bridgehead atoms. The quantitative estimate of drug-likeness (QED) is 0.198. The molecule has 6 rings (SSSR count). The maximum Gasteiger partial charge on any atom is 0.130 e. The van der Waals surface area contributed by atoms with Crippen molar-refractivity contribution >= 4 is 30.8 Å². The Morgan fingerprint density at radius 2 is 1.64 bits per heavy atom. The lowest BCUT2D eigenvalue weighted by Gasteiger charge is -2.35. The summed E-state index contributed by atoms with van der Waals surface area (Å²) in [6.45, 7) is 23.5. The van der Waals surface area contributed by atoms with E-state index in [0.717, 1.165) is 18.2 Å². The molecule has 3 aromatic carbocycles. The van der Waals surface area contributed by atoms with Gasteiger partial charge in [0.25, 0.3) is 0 Å². The average molecular weight is 598 g/mol. The van der Waals surface area contributed by atoms with Crippen molar-refractivity contribution in [2.45, 2.75) is 86.1 Å². The lowest BCUT2D eigenvalue weighted by Crippen LogP contribution is -2.45. The highest BCUT2D eigenvalue weighted by Gasteiger charge is 2.43. The summed E-state index contributed by atoms with van der Waals surface area (Å²) in [5, 5.41) is 5.63. The highest BCUT2D eigenvalue weighted by Crippen LogP contribution is 2.56. The Morgan fingerprint density at radius 1 is 0.932 bits per heavy atom. The molecule has 0 spiro atoms. The predicted octanol–water partition coefficient (Wildman–Crippen LogP) is 7.95. The number of rotatable bonds is 7. The predicted molar refractivity (Wildman–Crippen MR) is 191 cm³/mol. The van der Waals surface area contributed by atoms with Crippen LogP contribution in [0.25, 0.3) is 11.6 Å². The standard InChI is InChI=1S/C42H49OSi/c1-10-22-43-39-35(40(3,4)5)23-28(2)24-36(39)44(30-17-12-11-13-18-30)27-34-33-26-41(6,7)21-20-32(33)38-37(34)31-19-15-14-16-29(31)25-42(38,8)9/h10-19,23-25H,1,20-22,26-27H2,2-9H3. The van der Waals surface area contributed by atoms with E-state index in [1.807, 2.05) is 6.08 Å². The summed E-state index contributed by atoms with van der Waals surface area (Å²) in [5.74, 6) is 1.07. The van der Waals surface area contributed by atoms with E-state index in [2.05, 4.69) is 135 Å². The molecule has 0 N–H and O–H groups in total. The van der Waals surface area contributed by atoms with Crippen LogP contribution in [-0.4, -0.2) is 15.4 Å². The summed E-state index contributed by atoms with van der Waals surface area (Å²) < 4.78 is 6.67. The van der Waals surface area contributed by atoms with Gasteiger partial charge in [-0.05, 0) is 92.1 Å². The zero-order chi connectivity index (χ0) is 31.4. The van der Waals surface area contributed by atoms with Crippen molar-refractivity contribution in [1.82, 2.24) is 0 Å². The third-order valence-corrected chi connectivity index (χ3v) is 12.6. The average Bonchev–Trinajstić information content (AvgIpc) is 3.28. The molecule has 0 unspecified atom stereocenters. The van der Waals surface area contributed by atoms with Crippen molar-refractivity contribution < 1.29 is 4.74 Å². The second-order valence-corrected chi connectivity index (χ2v) is 18.0. The summed E-state index contributed by atoms with van der Waals surface area (Å²) in [6.07, 6.45) is 7.97. The van der Waals surface area contributed by atoms with Crippen LogP contribution in [0.4, 0.5) is 0 Å². The number of fused-ring (bicyclic) bond motifs is 3. The first-order chi connectivity index (χ1) is 20.8. The van der Waals surface area contributed by atoms with Gasteiger partial charge in [-0.25, -0.2) is 0 Å². The van der Waals surface area contributed by atoms with E-state index in [1.165, 1.54) is 50.4 Å². The van der Waals surface area contributed by atoms with Gasteiger partial charge in [0.05, 0.1) is 0 Å². The van der Waals surface area contributed by atoms with E-state index < -0.39 is 8.80 Å². The molecule has 0 heterocycles. The Balaban J connectivity index is 1.64. The molecular weight excluding hydrogens is 549 g/mol. The molecule has 3 aliphatic carbocycles. The van der Waals surface area contributed by atoms with E-state index in [1.54, 1.807) is 22.3 Å². The van der Waals surface area contributed by atoms with Crippen molar-refractivity contribution in [3.63, 3.8) is 0 Å². The fourth-order valence-corrected chi connectivity index (χ4v) is 10.8. The van der Waals surface area contributed by atoms with Gasteiger partial charge in [-0.15, -0.1) is 0 Å². The molecular formula is C42H49OSi. The van der Waals surface area contributed by atoms with E-state index in [9.17, 15) is 0 Å². The molecule has 3 aromatic rings. The molecule has 44 heavy (non-hydrogen) atoms. The Hall–Kier alpha value is -3.36. The summed E-state index contributed by atoms with van der Waals surface area (Å²) in [5.41, 5.74) is 10.9. The SMILES string of the molecule is C=CCOc1c([Si](CC2=C3CC(C)(C)CCC3=C3C2=c2ccccc2=CC3(C)C)c2ccccc2)cc(C)cc1C(C)(C)C. The maximum absolute atomic E-state index is 6.67. The van der Waals surface area contributed by atoms with Gasteiger partial charge < -0.3 is 4.74 Å². The van der Waals surface area contributed by atoms with Crippen LogP contribution in [0, 0.1) is 17.8 Å². The molecule has 0 saturated heterocycles. The molecule has 2 heteroatoms. The molecule has 3 aliphatic rings. The van der Waals surface area contributed by atoms with E-state index in [4.69, 9.17) is 4.74 Å². The van der Waals surface area contributed by atoms with Crippen LogP contribution in [0.5, 0.6) is 5.75 Å². The molecule has 0 aromatic heterocycles. The minimum atomic E-state index is -1.30. The Bertz CT molecular complexity index is 1810. The third kappa shape index (κ3) is 5.51. The fourth-order valence-electron chi connectivity index (χ4n) is 7.84. The topological polar surface area (TPSA) is 9.23 Å². The Morgan fingerprint density at radius 3 is 2.34 bits per heavy atom. The fraction of sp³-hybridized carbons (Fsp3) is 0.381. The highest BCUT2D eigenvalue weighted by molar-refractivity contribution is 6.86. The maximum atomic E-state index is 6.67. The van der Waals surface area contributed by atoms with Crippen molar-refractivity contribution in [3.05, 3.63) is 123 Å². The van der Waals surface area contributed by atoms with Crippen LogP contribution in [0.2, 0.25) is 6.04 Å². The molecule has 0 aliphatic heterocycles. The summed E-state index contributed by atoms with van der Waals surface area (Å²) in [6, 6.07) is 26.3.